The minimum Gasteiger partial charge on any atom is -0.372 e. The van der Waals surface area contributed by atoms with Gasteiger partial charge in [-0.2, -0.15) is 0 Å². The summed E-state index contributed by atoms with van der Waals surface area (Å²) in [6, 6.07) is 10.5. The van der Waals surface area contributed by atoms with Crippen molar-refractivity contribution in [2.45, 2.75) is 45.7 Å². The number of fused-ring (bicyclic) bond motifs is 1. The van der Waals surface area contributed by atoms with Gasteiger partial charge >= 0.3 is 0 Å². The SMILES string of the molecule is CC(C)n1c(=O)c(NCc2ccc(N3CCCCC3)cc2)nc2ccncc21. The van der Waals surface area contributed by atoms with Crippen molar-refractivity contribution < 1.29 is 0 Å². The summed E-state index contributed by atoms with van der Waals surface area (Å²) in [5.41, 5.74) is 3.83. The second kappa shape index (κ2) is 8.00. The highest BCUT2D eigenvalue weighted by atomic mass is 16.1. The van der Waals surface area contributed by atoms with E-state index in [1.165, 1.54) is 24.9 Å². The fourth-order valence-corrected chi connectivity index (χ4v) is 3.84. The molecule has 3 heterocycles. The Kier molecular flexibility index (Phi) is 5.28. The van der Waals surface area contributed by atoms with Crippen molar-refractivity contribution in [3.8, 4) is 0 Å². The van der Waals surface area contributed by atoms with Crippen molar-refractivity contribution in [2.24, 2.45) is 0 Å². The van der Waals surface area contributed by atoms with Gasteiger partial charge in [-0.1, -0.05) is 12.1 Å². The third-order valence-electron chi connectivity index (χ3n) is 5.32. The molecule has 0 unspecified atom stereocenters. The van der Waals surface area contributed by atoms with Crippen LogP contribution in [0.3, 0.4) is 0 Å². The molecule has 1 aliphatic heterocycles. The lowest BCUT2D eigenvalue weighted by atomic mass is 10.1. The van der Waals surface area contributed by atoms with Gasteiger partial charge in [-0.25, -0.2) is 4.98 Å². The monoisotopic (exact) mass is 377 g/mol. The van der Waals surface area contributed by atoms with Gasteiger partial charge in [0.05, 0.1) is 17.2 Å². The predicted octanol–water partition coefficient (Wildman–Crippen LogP) is 3.97. The van der Waals surface area contributed by atoms with Gasteiger partial charge < -0.3 is 10.2 Å². The van der Waals surface area contributed by atoms with E-state index in [1.807, 2.05) is 19.9 Å². The van der Waals surface area contributed by atoms with Gasteiger partial charge in [0.2, 0.25) is 0 Å². The molecule has 1 aromatic carbocycles. The number of piperidine rings is 1. The molecule has 1 aliphatic rings. The second-order valence-corrected chi connectivity index (χ2v) is 7.66. The summed E-state index contributed by atoms with van der Waals surface area (Å²) < 4.78 is 1.75. The molecule has 0 radical (unpaired) electrons. The number of nitrogens with zero attached hydrogens (tertiary/aromatic N) is 4. The largest absolute Gasteiger partial charge is 0.372 e. The van der Waals surface area contributed by atoms with Crippen molar-refractivity contribution in [2.75, 3.05) is 23.3 Å². The molecule has 6 nitrogen and oxygen atoms in total. The molecule has 0 saturated carbocycles. The van der Waals surface area contributed by atoms with E-state index in [0.717, 1.165) is 29.7 Å². The third-order valence-corrected chi connectivity index (χ3v) is 5.32. The summed E-state index contributed by atoms with van der Waals surface area (Å²) in [6.45, 7) is 6.84. The summed E-state index contributed by atoms with van der Waals surface area (Å²) >= 11 is 0. The second-order valence-electron chi connectivity index (χ2n) is 7.66. The predicted molar refractivity (Wildman–Crippen MR) is 114 cm³/mol. The molecule has 0 bridgehead atoms. The number of hydrogen-bond donors (Lipinski definition) is 1. The summed E-state index contributed by atoms with van der Waals surface area (Å²) in [4.78, 5) is 24.0. The lowest BCUT2D eigenvalue weighted by Gasteiger charge is -2.28. The molecule has 1 N–H and O–H groups in total. The van der Waals surface area contributed by atoms with E-state index in [4.69, 9.17) is 0 Å². The summed E-state index contributed by atoms with van der Waals surface area (Å²) in [5, 5.41) is 3.24. The topological polar surface area (TPSA) is 63.1 Å². The zero-order valence-corrected chi connectivity index (χ0v) is 16.6. The highest BCUT2D eigenvalue weighted by Gasteiger charge is 2.14. The van der Waals surface area contributed by atoms with Crippen LogP contribution < -0.4 is 15.8 Å². The first kappa shape index (κ1) is 18.5. The van der Waals surface area contributed by atoms with Crippen LogP contribution in [0.4, 0.5) is 11.5 Å². The first-order valence-corrected chi connectivity index (χ1v) is 10.1. The number of hydrogen-bond acceptors (Lipinski definition) is 5. The number of aromatic nitrogens is 3. The van der Waals surface area contributed by atoms with Crippen molar-refractivity contribution in [1.29, 1.82) is 0 Å². The fraction of sp³-hybridized carbons (Fsp3) is 0.409. The maximum absolute atomic E-state index is 12.9. The Balaban J connectivity index is 1.54. The Hall–Kier alpha value is -2.89. The van der Waals surface area contributed by atoms with Gasteiger partial charge in [0, 0.05) is 37.6 Å². The van der Waals surface area contributed by atoms with E-state index >= 15 is 0 Å². The van der Waals surface area contributed by atoms with Crippen LogP contribution in [0.15, 0.2) is 47.5 Å². The molecule has 4 rings (SSSR count). The third kappa shape index (κ3) is 3.72. The van der Waals surface area contributed by atoms with Gasteiger partial charge in [0.25, 0.3) is 5.56 Å². The number of benzene rings is 1. The molecule has 2 aromatic heterocycles. The van der Waals surface area contributed by atoms with Crippen molar-refractivity contribution in [1.82, 2.24) is 14.5 Å². The van der Waals surface area contributed by atoms with E-state index in [-0.39, 0.29) is 11.6 Å². The van der Waals surface area contributed by atoms with Gasteiger partial charge in [0.15, 0.2) is 5.82 Å². The van der Waals surface area contributed by atoms with Crippen LogP contribution in [0, 0.1) is 0 Å². The number of rotatable bonds is 5. The quantitative estimate of drug-likeness (QED) is 0.729. The molecule has 1 fully saturated rings. The number of nitrogens with one attached hydrogen (secondary N) is 1. The lowest BCUT2D eigenvalue weighted by molar-refractivity contribution is 0.578. The van der Waals surface area contributed by atoms with Gasteiger partial charge in [-0.05, 0) is 56.9 Å². The fourth-order valence-electron chi connectivity index (χ4n) is 3.84. The standard InChI is InChI=1S/C22H27N5O/c1-16(2)27-20-15-23-11-10-19(20)25-21(22(27)28)24-14-17-6-8-18(9-7-17)26-12-4-3-5-13-26/h6-11,15-16H,3-5,12-14H2,1-2H3,(H,24,25). The molecule has 6 heteroatoms. The molecule has 28 heavy (non-hydrogen) atoms. The first-order valence-electron chi connectivity index (χ1n) is 10.1. The maximum atomic E-state index is 12.9. The Morgan fingerprint density at radius 3 is 2.54 bits per heavy atom. The van der Waals surface area contributed by atoms with E-state index in [1.54, 1.807) is 17.0 Å². The normalized spacial score (nSPS) is 14.6. The minimum absolute atomic E-state index is 0.0339. The van der Waals surface area contributed by atoms with Gasteiger partial charge in [-0.15, -0.1) is 0 Å². The van der Waals surface area contributed by atoms with Crippen LogP contribution in [0.1, 0.15) is 44.7 Å². The minimum atomic E-state index is -0.111. The molecule has 146 valence electrons. The average Bonchev–Trinajstić information content (AvgIpc) is 2.73. The van der Waals surface area contributed by atoms with E-state index < -0.39 is 0 Å². The van der Waals surface area contributed by atoms with Gasteiger partial charge in [-0.3, -0.25) is 14.3 Å². The molecule has 3 aromatic rings. The summed E-state index contributed by atoms with van der Waals surface area (Å²) in [6.07, 6.45) is 7.28. The highest BCUT2D eigenvalue weighted by molar-refractivity contribution is 5.75. The Labute approximate surface area is 165 Å². The zero-order chi connectivity index (χ0) is 19.5. The molecular weight excluding hydrogens is 350 g/mol. The first-order chi connectivity index (χ1) is 13.6. The maximum Gasteiger partial charge on any atom is 0.294 e. The molecule has 1 saturated heterocycles. The number of pyridine rings is 1. The smallest absolute Gasteiger partial charge is 0.294 e. The zero-order valence-electron chi connectivity index (χ0n) is 16.6. The van der Waals surface area contributed by atoms with Crippen LogP contribution >= 0.6 is 0 Å². The van der Waals surface area contributed by atoms with Crippen LogP contribution in [-0.4, -0.2) is 27.6 Å². The van der Waals surface area contributed by atoms with Crippen LogP contribution in [0.2, 0.25) is 0 Å². The highest BCUT2D eigenvalue weighted by Crippen LogP contribution is 2.21. The molecule has 0 spiro atoms. The molecule has 0 aliphatic carbocycles. The van der Waals surface area contributed by atoms with Crippen molar-refractivity contribution in [3.63, 3.8) is 0 Å². The molecule has 0 atom stereocenters. The number of anilines is 2. The summed E-state index contributed by atoms with van der Waals surface area (Å²) in [5.74, 6) is 0.382. The average molecular weight is 377 g/mol. The summed E-state index contributed by atoms with van der Waals surface area (Å²) in [7, 11) is 0. The molecule has 0 amide bonds. The van der Waals surface area contributed by atoms with Crippen molar-refractivity contribution in [3.05, 3.63) is 58.6 Å². The van der Waals surface area contributed by atoms with Crippen LogP contribution in [0.5, 0.6) is 0 Å². The molecular formula is C22H27N5O. The van der Waals surface area contributed by atoms with E-state index in [9.17, 15) is 4.79 Å². The van der Waals surface area contributed by atoms with Crippen molar-refractivity contribution >= 4 is 22.5 Å². The van der Waals surface area contributed by atoms with Crippen LogP contribution in [0.25, 0.3) is 11.0 Å². The van der Waals surface area contributed by atoms with Crippen LogP contribution in [-0.2, 0) is 6.54 Å². The van der Waals surface area contributed by atoms with E-state index in [2.05, 4.69) is 44.5 Å². The van der Waals surface area contributed by atoms with Gasteiger partial charge in [0.1, 0.15) is 0 Å². The Bertz CT molecular complexity index is 1000. The lowest BCUT2D eigenvalue weighted by Crippen LogP contribution is -2.29. The van der Waals surface area contributed by atoms with E-state index in [0.29, 0.717) is 12.4 Å². The Morgan fingerprint density at radius 1 is 1.07 bits per heavy atom. The Morgan fingerprint density at radius 2 is 1.82 bits per heavy atom.